The number of hydrogen-bond acceptors (Lipinski definition) is 5. The number of sulfone groups is 1. The summed E-state index contributed by atoms with van der Waals surface area (Å²) in [6.45, 7) is 1.84. The number of amides is 2. The van der Waals surface area contributed by atoms with Crippen molar-refractivity contribution < 1.29 is 17.6 Å². The van der Waals surface area contributed by atoms with E-state index in [0.717, 1.165) is 4.70 Å². The van der Waals surface area contributed by atoms with Gasteiger partial charge in [0, 0.05) is 17.6 Å². The predicted octanol–water partition coefficient (Wildman–Crippen LogP) is 4.38. The summed E-state index contributed by atoms with van der Waals surface area (Å²) >= 11 is 6.99. The monoisotopic (exact) mass is 441 g/mol. The highest BCUT2D eigenvalue weighted by molar-refractivity contribution is 7.91. The highest BCUT2D eigenvalue weighted by Gasteiger charge is 2.14. The number of hydrogen-bond donors (Lipinski definition) is 2. The number of benzene rings is 2. The minimum Gasteiger partial charge on any atom is -0.338 e. The van der Waals surface area contributed by atoms with E-state index in [1.54, 1.807) is 13.0 Å². The normalized spacial score (nSPS) is 11.5. The van der Waals surface area contributed by atoms with Gasteiger partial charge in [-0.2, -0.15) is 0 Å². The van der Waals surface area contributed by atoms with E-state index in [1.807, 2.05) is 0 Å². The molecule has 3 aromatic rings. The number of carbonyl (C=O) groups excluding carboxylic acids is 1. The van der Waals surface area contributed by atoms with E-state index >= 15 is 0 Å². The molecule has 0 unspecified atom stereocenters. The average molecular weight is 442 g/mol. The van der Waals surface area contributed by atoms with Crippen molar-refractivity contribution in [3.63, 3.8) is 0 Å². The molecule has 0 aliphatic heterocycles. The van der Waals surface area contributed by atoms with Crippen LogP contribution in [0.15, 0.2) is 41.3 Å². The SMILES string of the molecule is Cc1cc2sc(NC(=O)NCCCS(=O)(=O)c3ccc(Cl)cc3)nc2cc1F. The van der Waals surface area contributed by atoms with Crippen LogP contribution < -0.4 is 10.6 Å². The Morgan fingerprint density at radius 3 is 2.68 bits per heavy atom. The van der Waals surface area contributed by atoms with Crippen LogP contribution in [0.1, 0.15) is 12.0 Å². The number of anilines is 1. The van der Waals surface area contributed by atoms with Gasteiger partial charge >= 0.3 is 6.03 Å². The van der Waals surface area contributed by atoms with Crippen LogP contribution in [-0.2, 0) is 9.84 Å². The number of thiazole rings is 1. The van der Waals surface area contributed by atoms with E-state index in [9.17, 15) is 17.6 Å². The Balaban J connectivity index is 1.50. The number of aryl methyl sites for hydroxylation is 1. The van der Waals surface area contributed by atoms with E-state index in [4.69, 9.17) is 11.6 Å². The number of carbonyl (C=O) groups is 1. The van der Waals surface area contributed by atoms with Crippen LogP contribution in [-0.4, -0.2) is 31.7 Å². The molecule has 0 atom stereocenters. The summed E-state index contributed by atoms with van der Waals surface area (Å²) in [6.07, 6.45) is 0.253. The van der Waals surface area contributed by atoms with E-state index in [2.05, 4.69) is 15.6 Å². The largest absolute Gasteiger partial charge is 0.338 e. The summed E-state index contributed by atoms with van der Waals surface area (Å²) in [5, 5.41) is 5.97. The van der Waals surface area contributed by atoms with Crippen molar-refractivity contribution in [2.45, 2.75) is 18.2 Å². The molecule has 0 saturated heterocycles. The summed E-state index contributed by atoms with van der Waals surface area (Å²) in [5.41, 5.74) is 0.978. The van der Waals surface area contributed by atoms with Gasteiger partial charge in [-0.1, -0.05) is 22.9 Å². The molecule has 1 aromatic heterocycles. The third-order valence-electron chi connectivity index (χ3n) is 3.94. The zero-order valence-corrected chi connectivity index (χ0v) is 17.2. The van der Waals surface area contributed by atoms with Crippen molar-refractivity contribution in [3.8, 4) is 0 Å². The summed E-state index contributed by atoms with van der Waals surface area (Å²) in [7, 11) is -3.44. The van der Waals surface area contributed by atoms with Gasteiger partial charge in [-0.3, -0.25) is 5.32 Å². The molecule has 2 amide bonds. The van der Waals surface area contributed by atoms with E-state index in [-0.39, 0.29) is 29.4 Å². The van der Waals surface area contributed by atoms with Gasteiger partial charge < -0.3 is 5.32 Å². The Bertz CT molecular complexity index is 1080. The maximum Gasteiger partial charge on any atom is 0.321 e. The molecule has 1 heterocycles. The first kappa shape index (κ1) is 20.5. The minimum atomic E-state index is -3.44. The minimum absolute atomic E-state index is 0.103. The topological polar surface area (TPSA) is 88.2 Å². The fourth-order valence-electron chi connectivity index (χ4n) is 2.47. The van der Waals surface area contributed by atoms with Crippen LogP contribution in [0.25, 0.3) is 10.2 Å². The van der Waals surface area contributed by atoms with Gasteiger partial charge in [0.15, 0.2) is 15.0 Å². The number of fused-ring (bicyclic) bond motifs is 1. The van der Waals surface area contributed by atoms with E-state index in [0.29, 0.717) is 21.2 Å². The third kappa shape index (κ3) is 4.98. The van der Waals surface area contributed by atoms with Crippen molar-refractivity contribution in [3.05, 3.63) is 52.8 Å². The van der Waals surface area contributed by atoms with Crippen LogP contribution in [0.4, 0.5) is 14.3 Å². The van der Waals surface area contributed by atoms with Crippen LogP contribution in [0.2, 0.25) is 5.02 Å². The van der Waals surface area contributed by atoms with Crippen LogP contribution in [0, 0.1) is 12.7 Å². The van der Waals surface area contributed by atoms with E-state index in [1.165, 1.54) is 41.7 Å². The zero-order valence-electron chi connectivity index (χ0n) is 14.8. The van der Waals surface area contributed by atoms with Gasteiger partial charge in [0.1, 0.15) is 5.82 Å². The van der Waals surface area contributed by atoms with Crippen LogP contribution in [0.5, 0.6) is 0 Å². The van der Waals surface area contributed by atoms with Gasteiger partial charge in [-0.05, 0) is 49.2 Å². The molecule has 28 heavy (non-hydrogen) atoms. The van der Waals surface area contributed by atoms with Crippen molar-refractivity contribution in [1.82, 2.24) is 10.3 Å². The highest BCUT2D eigenvalue weighted by Crippen LogP contribution is 2.28. The smallest absolute Gasteiger partial charge is 0.321 e. The summed E-state index contributed by atoms with van der Waals surface area (Å²) < 4.78 is 38.8. The fraction of sp³-hybridized carbons (Fsp3) is 0.222. The van der Waals surface area contributed by atoms with Gasteiger partial charge in [-0.25, -0.2) is 22.6 Å². The molecule has 10 heteroatoms. The lowest BCUT2D eigenvalue weighted by molar-refractivity contribution is 0.252. The van der Waals surface area contributed by atoms with Crippen molar-refractivity contribution in [1.29, 1.82) is 0 Å². The van der Waals surface area contributed by atoms with Gasteiger partial charge in [0.05, 0.1) is 20.9 Å². The number of halogens is 2. The number of aromatic nitrogens is 1. The lowest BCUT2D eigenvalue weighted by Gasteiger charge is -2.06. The Kier molecular flexibility index (Phi) is 6.17. The summed E-state index contributed by atoms with van der Waals surface area (Å²) in [6, 6.07) is 8.45. The maximum atomic E-state index is 13.6. The molecular weight excluding hydrogens is 425 g/mol. The number of rotatable bonds is 6. The molecule has 0 spiro atoms. The first-order valence-corrected chi connectivity index (χ1v) is 11.2. The Morgan fingerprint density at radius 2 is 1.96 bits per heavy atom. The Hall–Kier alpha value is -2.23. The molecule has 2 aromatic carbocycles. The lowest BCUT2D eigenvalue weighted by Crippen LogP contribution is -2.30. The lowest BCUT2D eigenvalue weighted by atomic mass is 10.2. The number of urea groups is 1. The van der Waals surface area contributed by atoms with Gasteiger partial charge in [0.25, 0.3) is 0 Å². The maximum absolute atomic E-state index is 13.6. The number of nitrogens with zero attached hydrogens (tertiary/aromatic N) is 1. The van der Waals surface area contributed by atoms with Crippen LogP contribution in [0.3, 0.4) is 0 Å². The zero-order chi connectivity index (χ0) is 20.3. The molecule has 0 bridgehead atoms. The molecule has 0 fully saturated rings. The summed E-state index contributed by atoms with van der Waals surface area (Å²) in [5.74, 6) is -0.454. The predicted molar refractivity (Wildman–Crippen MR) is 109 cm³/mol. The average Bonchev–Trinajstić information content (AvgIpc) is 3.00. The van der Waals surface area contributed by atoms with Gasteiger partial charge in [-0.15, -0.1) is 0 Å². The molecule has 3 rings (SSSR count). The quantitative estimate of drug-likeness (QED) is 0.555. The Morgan fingerprint density at radius 1 is 1.25 bits per heavy atom. The molecule has 6 nitrogen and oxygen atoms in total. The van der Waals surface area contributed by atoms with Crippen molar-refractivity contribution in [2.24, 2.45) is 0 Å². The Labute approximate surface area is 170 Å². The van der Waals surface area contributed by atoms with Crippen molar-refractivity contribution >= 4 is 54.2 Å². The van der Waals surface area contributed by atoms with E-state index < -0.39 is 15.9 Å². The summed E-state index contributed by atoms with van der Waals surface area (Å²) in [4.78, 5) is 16.3. The first-order valence-electron chi connectivity index (χ1n) is 8.34. The van der Waals surface area contributed by atoms with Crippen LogP contribution >= 0.6 is 22.9 Å². The molecular formula is C18H17ClFN3O3S2. The second-order valence-corrected chi connectivity index (χ2v) is 9.67. The van der Waals surface area contributed by atoms with Crippen molar-refractivity contribution in [2.75, 3.05) is 17.6 Å². The molecule has 0 aliphatic carbocycles. The number of nitrogens with one attached hydrogen (secondary N) is 2. The second-order valence-electron chi connectivity index (χ2n) is 6.10. The molecule has 0 aliphatic rings. The standard InChI is InChI=1S/C18H17ClFN3O3S2/c1-11-9-16-15(10-14(11)20)22-18(27-16)23-17(24)21-7-2-8-28(25,26)13-5-3-12(19)4-6-13/h3-6,9-10H,2,7-8H2,1H3,(H2,21,22,23,24). The molecule has 0 radical (unpaired) electrons. The first-order chi connectivity index (χ1) is 13.2. The van der Waals surface area contributed by atoms with Gasteiger partial charge in [0.2, 0.25) is 0 Å². The second kappa shape index (κ2) is 8.42. The highest BCUT2D eigenvalue weighted by atomic mass is 35.5. The molecule has 0 saturated carbocycles. The molecule has 2 N–H and O–H groups in total. The third-order valence-corrected chi connectivity index (χ3v) is 6.94. The molecule has 148 valence electrons. The fourth-order valence-corrected chi connectivity index (χ4v) is 4.85.